The average molecular weight is 186 g/mol. The summed E-state index contributed by atoms with van der Waals surface area (Å²) in [6.07, 6.45) is 2.04. The fourth-order valence-electron chi connectivity index (χ4n) is 2.06. The van der Waals surface area contributed by atoms with Gasteiger partial charge >= 0.3 is 0 Å². The van der Waals surface area contributed by atoms with Gasteiger partial charge in [0.2, 0.25) is 0 Å². The molecule has 13 heavy (non-hydrogen) atoms. The van der Waals surface area contributed by atoms with E-state index in [4.69, 9.17) is 9.47 Å². The molecule has 0 aliphatic carbocycles. The number of rotatable bonds is 4. The lowest BCUT2D eigenvalue weighted by Crippen LogP contribution is -2.33. The van der Waals surface area contributed by atoms with Gasteiger partial charge in [0.15, 0.2) is 5.79 Å². The molecule has 1 fully saturated rings. The minimum absolute atomic E-state index is 0.262. The summed E-state index contributed by atoms with van der Waals surface area (Å²) in [5, 5.41) is 0. The van der Waals surface area contributed by atoms with Crippen LogP contribution in [0, 0.1) is 11.8 Å². The maximum absolute atomic E-state index is 5.74. The zero-order valence-electron chi connectivity index (χ0n) is 9.30. The topological polar surface area (TPSA) is 18.5 Å². The first-order valence-electron chi connectivity index (χ1n) is 5.32. The lowest BCUT2D eigenvalue weighted by Gasteiger charge is -2.30. The summed E-state index contributed by atoms with van der Waals surface area (Å²) in [5.41, 5.74) is 0. The van der Waals surface area contributed by atoms with E-state index in [0.717, 1.165) is 26.1 Å². The van der Waals surface area contributed by atoms with Crippen LogP contribution in [0.25, 0.3) is 0 Å². The van der Waals surface area contributed by atoms with Crippen LogP contribution in [0.3, 0.4) is 0 Å². The molecular weight excluding hydrogens is 164 g/mol. The van der Waals surface area contributed by atoms with Crippen molar-refractivity contribution in [3.8, 4) is 0 Å². The maximum Gasteiger partial charge on any atom is 0.168 e. The van der Waals surface area contributed by atoms with Crippen molar-refractivity contribution in [2.24, 2.45) is 11.8 Å². The Bertz CT molecular complexity index is 134. The molecule has 1 rings (SSSR count). The molecule has 0 atom stereocenters. The summed E-state index contributed by atoms with van der Waals surface area (Å²) in [4.78, 5) is 0. The highest BCUT2D eigenvalue weighted by molar-refractivity contribution is 4.77. The summed E-state index contributed by atoms with van der Waals surface area (Å²) < 4.78 is 11.5. The predicted molar refractivity (Wildman–Crippen MR) is 53.5 cm³/mol. The maximum atomic E-state index is 5.74. The predicted octanol–water partition coefficient (Wildman–Crippen LogP) is 2.82. The number of ether oxygens (including phenoxy) is 2. The van der Waals surface area contributed by atoms with Crippen LogP contribution in [0.2, 0.25) is 0 Å². The van der Waals surface area contributed by atoms with Crippen LogP contribution in [0.5, 0.6) is 0 Å². The molecule has 0 radical (unpaired) electrons. The zero-order valence-corrected chi connectivity index (χ0v) is 9.30. The van der Waals surface area contributed by atoms with E-state index < -0.39 is 0 Å². The second kappa shape index (κ2) is 4.43. The number of hydrogen-bond acceptors (Lipinski definition) is 2. The first-order valence-corrected chi connectivity index (χ1v) is 5.32. The molecule has 0 spiro atoms. The van der Waals surface area contributed by atoms with Crippen molar-refractivity contribution in [2.75, 3.05) is 13.2 Å². The van der Waals surface area contributed by atoms with E-state index in [2.05, 4.69) is 27.7 Å². The first-order chi connectivity index (χ1) is 6.04. The Morgan fingerprint density at radius 3 is 1.62 bits per heavy atom. The minimum atomic E-state index is -0.262. The first kappa shape index (κ1) is 11.0. The fraction of sp³-hybridized carbons (Fsp3) is 1.00. The van der Waals surface area contributed by atoms with Gasteiger partial charge in [-0.1, -0.05) is 27.7 Å². The average Bonchev–Trinajstić information content (AvgIpc) is 2.33. The Labute approximate surface area is 81.6 Å². The molecule has 0 amide bonds. The Morgan fingerprint density at radius 2 is 1.31 bits per heavy atom. The van der Waals surface area contributed by atoms with Gasteiger partial charge in [-0.25, -0.2) is 0 Å². The lowest BCUT2D eigenvalue weighted by molar-refractivity contribution is -0.178. The summed E-state index contributed by atoms with van der Waals surface area (Å²) in [6.45, 7) is 10.4. The van der Waals surface area contributed by atoms with Gasteiger partial charge in [0.25, 0.3) is 0 Å². The summed E-state index contributed by atoms with van der Waals surface area (Å²) in [6, 6.07) is 0. The lowest BCUT2D eigenvalue weighted by atomic mass is 9.94. The van der Waals surface area contributed by atoms with E-state index in [9.17, 15) is 0 Å². The SMILES string of the molecule is CC(C)CC1(CC(C)C)OCCO1. The molecule has 0 aromatic carbocycles. The van der Waals surface area contributed by atoms with Crippen molar-refractivity contribution < 1.29 is 9.47 Å². The molecule has 0 N–H and O–H groups in total. The van der Waals surface area contributed by atoms with Gasteiger partial charge < -0.3 is 9.47 Å². The van der Waals surface area contributed by atoms with E-state index in [-0.39, 0.29) is 5.79 Å². The third kappa shape index (κ3) is 3.28. The van der Waals surface area contributed by atoms with Crippen molar-refractivity contribution >= 4 is 0 Å². The van der Waals surface area contributed by atoms with Gasteiger partial charge in [-0.3, -0.25) is 0 Å². The quantitative estimate of drug-likeness (QED) is 0.672. The summed E-state index contributed by atoms with van der Waals surface area (Å²) >= 11 is 0. The second-order valence-electron chi connectivity index (χ2n) is 4.80. The van der Waals surface area contributed by atoms with Crippen LogP contribution in [0.4, 0.5) is 0 Å². The minimum Gasteiger partial charge on any atom is -0.348 e. The standard InChI is InChI=1S/C11H22O2/c1-9(2)7-11(8-10(3)4)12-5-6-13-11/h9-10H,5-8H2,1-4H3. The fourth-order valence-corrected chi connectivity index (χ4v) is 2.06. The molecule has 0 bridgehead atoms. The van der Waals surface area contributed by atoms with Crippen LogP contribution >= 0.6 is 0 Å². The molecule has 1 aliphatic heterocycles. The van der Waals surface area contributed by atoms with Gasteiger partial charge in [0, 0.05) is 12.8 Å². The van der Waals surface area contributed by atoms with E-state index in [1.807, 2.05) is 0 Å². The van der Waals surface area contributed by atoms with Crippen molar-refractivity contribution in [1.82, 2.24) is 0 Å². The van der Waals surface area contributed by atoms with Crippen molar-refractivity contribution in [1.29, 1.82) is 0 Å². The molecule has 0 unspecified atom stereocenters. The number of hydrogen-bond donors (Lipinski definition) is 0. The van der Waals surface area contributed by atoms with Crippen molar-refractivity contribution in [2.45, 2.75) is 46.3 Å². The molecule has 0 aromatic heterocycles. The van der Waals surface area contributed by atoms with Gasteiger partial charge in [0.1, 0.15) is 0 Å². The zero-order chi connectivity index (χ0) is 9.90. The van der Waals surface area contributed by atoms with Crippen molar-refractivity contribution in [3.05, 3.63) is 0 Å². The van der Waals surface area contributed by atoms with Crippen LogP contribution < -0.4 is 0 Å². The summed E-state index contributed by atoms with van der Waals surface area (Å²) in [7, 11) is 0. The Kier molecular flexibility index (Phi) is 3.74. The third-order valence-electron chi connectivity index (χ3n) is 2.25. The highest BCUT2D eigenvalue weighted by Gasteiger charge is 2.37. The Morgan fingerprint density at radius 1 is 0.923 bits per heavy atom. The molecule has 78 valence electrons. The van der Waals surface area contributed by atoms with Crippen LogP contribution in [0.15, 0.2) is 0 Å². The Balaban J connectivity index is 2.52. The largest absolute Gasteiger partial charge is 0.348 e. The van der Waals surface area contributed by atoms with Gasteiger partial charge in [-0.15, -0.1) is 0 Å². The molecular formula is C11H22O2. The monoisotopic (exact) mass is 186 g/mol. The van der Waals surface area contributed by atoms with Crippen LogP contribution in [-0.2, 0) is 9.47 Å². The van der Waals surface area contributed by atoms with E-state index in [1.165, 1.54) is 0 Å². The highest BCUT2D eigenvalue weighted by atomic mass is 16.7. The Hall–Kier alpha value is -0.0800. The summed E-state index contributed by atoms with van der Waals surface area (Å²) in [5.74, 6) is 1.01. The van der Waals surface area contributed by atoms with Crippen molar-refractivity contribution in [3.63, 3.8) is 0 Å². The van der Waals surface area contributed by atoms with Gasteiger partial charge in [0.05, 0.1) is 13.2 Å². The smallest absolute Gasteiger partial charge is 0.168 e. The molecule has 2 heteroatoms. The molecule has 1 aliphatic rings. The normalized spacial score (nSPS) is 21.7. The molecule has 0 aromatic rings. The van der Waals surface area contributed by atoms with Gasteiger partial charge in [-0.05, 0) is 11.8 Å². The molecule has 0 saturated carbocycles. The van der Waals surface area contributed by atoms with Gasteiger partial charge in [-0.2, -0.15) is 0 Å². The second-order valence-corrected chi connectivity index (χ2v) is 4.80. The molecule has 1 heterocycles. The molecule has 2 nitrogen and oxygen atoms in total. The van der Waals surface area contributed by atoms with E-state index in [0.29, 0.717) is 11.8 Å². The third-order valence-corrected chi connectivity index (χ3v) is 2.25. The highest BCUT2D eigenvalue weighted by Crippen LogP contribution is 2.33. The van der Waals surface area contributed by atoms with Crippen LogP contribution in [-0.4, -0.2) is 19.0 Å². The molecule has 1 saturated heterocycles. The van der Waals surface area contributed by atoms with E-state index >= 15 is 0 Å². The van der Waals surface area contributed by atoms with Crippen LogP contribution in [0.1, 0.15) is 40.5 Å². The van der Waals surface area contributed by atoms with E-state index in [1.54, 1.807) is 0 Å².